The van der Waals surface area contributed by atoms with E-state index in [-0.39, 0.29) is 17.2 Å². The topological polar surface area (TPSA) is 89.0 Å². The molecule has 7 nitrogen and oxygen atoms in total. The number of thioether (sulfide) groups is 1. The number of aryl methyl sites for hydroxylation is 2. The van der Waals surface area contributed by atoms with Crippen molar-refractivity contribution in [3.63, 3.8) is 0 Å². The fourth-order valence-electron chi connectivity index (χ4n) is 4.14. The molecule has 2 aromatic heterocycles. The number of anilines is 1. The first-order chi connectivity index (χ1) is 17.4. The van der Waals surface area contributed by atoms with Crippen LogP contribution in [0.5, 0.6) is 5.75 Å². The largest absolute Gasteiger partial charge is 0.494 e. The summed E-state index contributed by atoms with van der Waals surface area (Å²) < 4.78 is 7.06. The van der Waals surface area contributed by atoms with Gasteiger partial charge in [0.1, 0.15) is 16.8 Å². The monoisotopic (exact) mass is 498 g/mol. The van der Waals surface area contributed by atoms with Crippen molar-refractivity contribution in [3.8, 4) is 11.4 Å². The van der Waals surface area contributed by atoms with Crippen molar-refractivity contribution in [1.82, 2.24) is 14.5 Å². The highest BCUT2D eigenvalue weighted by Gasteiger charge is 2.19. The van der Waals surface area contributed by atoms with Gasteiger partial charge in [0.15, 0.2) is 5.16 Å². The molecule has 2 heterocycles. The van der Waals surface area contributed by atoms with E-state index in [1.54, 1.807) is 16.7 Å². The molecule has 0 saturated carbocycles. The predicted molar refractivity (Wildman–Crippen MR) is 146 cm³/mol. The van der Waals surface area contributed by atoms with Crippen LogP contribution in [-0.2, 0) is 4.79 Å². The van der Waals surface area contributed by atoms with Crippen LogP contribution >= 0.6 is 11.8 Å². The van der Waals surface area contributed by atoms with Gasteiger partial charge in [0.2, 0.25) is 5.91 Å². The Kier molecular flexibility index (Phi) is 6.52. The first-order valence-corrected chi connectivity index (χ1v) is 12.7. The number of rotatable bonds is 7. The Balaban J connectivity index is 1.52. The van der Waals surface area contributed by atoms with Gasteiger partial charge < -0.3 is 15.0 Å². The van der Waals surface area contributed by atoms with Gasteiger partial charge in [0.25, 0.3) is 5.56 Å². The van der Waals surface area contributed by atoms with Crippen molar-refractivity contribution in [3.05, 3.63) is 88.2 Å². The average molecular weight is 499 g/mol. The number of aromatic nitrogens is 3. The number of nitrogens with one attached hydrogen (secondary N) is 2. The minimum absolute atomic E-state index is 0.0956. The van der Waals surface area contributed by atoms with Gasteiger partial charge in [-0.3, -0.25) is 14.2 Å². The fraction of sp³-hybridized carbons (Fsp3) is 0.179. The zero-order chi connectivity index (χ0) is 25.2. The number of benzene rings is 3. The summed E-state index contributed by atoms with van der Waals surface area (Å²) in [5.41, 5.74) is 5.11. The van der Waals surface area contributed by atoms with Gasteiger partial charge in [-0.05, 0) is 68.3 Å². The molecule has 0 aliphatic heterocycles. The molecule has 0 saturated heterocycles. The number of fused-ring (bicyclic) bond motifs is 3. The number of amides is 1. The number of hydrogen-bond acceptors (Lipinski definition) is 5. The summed E-state index contributed by atoms with van der Waals surface area (Å²) in [5.74, 6) is 0.654. The molecule has 0 unspecified atom stereocenters. The van der Waals surface area contributed by atoms with Crippen LogP contribution in [0.15, 0.2) is 76.7 Å². The van der Waals surface area contributed by atoms with Crippen LogP contribution < -0.4 is 15.6 Å². The third kappa shape index (κ3) is 4.59. The second-order valence-corrected chi connectivity index (χ2v) is 9.46. The second-order valence-electron chi connectivity index (χ2n) is 8.51. The molecule has 0 atom stereocenters. The Labute approximate surface area is 212 Å². The highest BCUT2D eigenvalue weighted by atomic mass is 32.2. The number of hydrogen-bond donors (Lipinski definition) is 2. The molecule has 0 fully saturated rings. The number of carbonyl (C=O) groups excluding carboxylic acids is 1. The van der Waals surface area contributed by atoms with E-state index in [1.807, 2.05) is 75.4 Å². The smallest absolute Gasteiger partial charge is 0.283 e. The molecule has 0 radical (unpaired) electrons. The molecular formula is C28H26N4O3S. The normalized spacial score (nSPS) is 11.2. The Morgan fingerprint density at radius 3 is 2.64 bits per heavy atom. The lowest BCUT2D eigenvalue weighted by atomic mass is 10.1. The van der Waals surface area contributed by atoms with E-state index in [4.69, 9.17) is 9.72 Å². The highest BCUT2D eigenvalue weighted by Crippen LogP contribution is 2.28. The molecule has 36 heavy (non-hydrogen) atoms. The molecule has 1 amide bonds. The summed E-state index contributed by atoms with van der Waals surface area (Å²) >= 11 is 1.24. The molecule has 0 bridgehead atoms. The van der Waals surface area contributed by atoms with Crippen LogP contribution in [0, 0.1) is 13.8 Å². The molecule has 182 valence electrons. The maximum Gasteiger partial charge on any atom is 0.283 e. The van der Waals surface area contributed by atoms with E-state index in [1.165, 1.54) is 11.8 Å². The number of ether oxygens (including phenoxy) is 1. The number of para-hydroxylation sites is 1. The van der Waals surface area contributed by atoms with E-state index in [0.29, 0.717) is 28.5 Å². The van der Waals surface area contributed by atoms with Crippen molar-refractivity contribution < 1.29 is 9.53 Å². The molecule has 0 aliphatic rings. The Morgan fingerprint density at radius 1 is 1.08 bits per heavy atom. The zero-order valence-corrected chi connectivity index (χ0v) is 21.1. The van der Waals surface area contributed by atoms with E-state index < -0.39 is 0 Å². The lowest BCUT2D eigenvalue weighted by Gasteiger charge is -2.15. The lowest BCUT2D eigenvalue weighted by Crippen LogP contribution is -2.23. The van der Waals surface area contributed by atoms with Gasteiger partial charge in [0, 0.05) is 16.6 Å². The zero-order valence-electron chi connectivity index (χ0n) is 20.3. The van der Waals surface area contributed by atoms with Gasteiger partial charge in [0.05, 0.1) is 18.0 Å². The van der Waals surface area contributed by atoms with Crippen LogP contribution in [0.2, 0.25) is 0 Å². The summed E-state index contributed by atoms with van der Waals surface area (Å²) in [6.07, 6.45) is 0. The van der Waals surface area contributed by atoms with Gasteiger partial charge in [-0.2, -0.15) is 0 Å². The van der Waals surface area contributed by atoms with Gasteiger partial charge in [-0.15, -0.1) is 0 Å². The lowest BCUT2D eigenvalue weighted by molar-refractivity contribution is -0.113. The maximum absolute atomic E-state index is 13.8. The summed E-state index contributed by atoms with van der Waals surface area (Å²) in [7, 11) is 0. The number of H-pyrrole nitrogens is 1. The van der Waals surface area contributed by atoms with Gasteiger partial charge in [-0.1, -0.05) is 42.1 Å². The van der Waals surface area contributed by atoms with Crippen LogP contribution in [0.4, 0.5) is 5.69 Å². The summed E-state index contributed by atoms with van der Waals surface area (Å²) in [5, 5.41) is 4.24. The minimum Gasteiger partial charge on any atom is -0.494 e. The van der Waals surface area contributed by atoms with Crippen molar-refractivity contribution >= 4 is 45.3 Å². The van der Waals surface area contributed by atoms with Crippen LogP contribution in [0.1, 0.15) is 18.1 Å². The minimum atomic E-state index is -0.195. The molecule has 0 spiro atoms. The van der Waals surface area contributed by atoms with Crippen molar-refractivity contribution in [2.75, 3.05) is 17.7 Å². The summed E-state index contributed by atoms with van der Waals surface area (Å²) in [4.78, 5) is 34.7. The van der Waals surface area contributed by atoms with E-state index in [0.717, 1.165) is 33.5 Å². The standard InChI is InChI=1S/C28H26N4O3S/c1-4-35-20-13-11-19(12-14-20)29-24(33)16-36-28-31-25-21-7-5-6-8-22(21)30-26(25)27(34)32(28)23-15-17(2)9-10-18(23)3/h5-15,30H,4,16H2,1-3H3,(H,29,33). The number of aromatic amines is 1. The first-order valence-electron chi connectivity index (χ1n) is 11.7. The number of carbonyl (C=O) groups is 1. The highest BCUT2D eigenvalue weighted by molar-refractivity contribution is 7.99. The van der Waals surface area contributed by atoms with Gasteiger partial charge in [-0.25, -0.2) is 4.98 Å². The van der Waals surface area contributed by atoms with Crippen molar-refractivity contribution in [1.29, 1.82) is 0 Å². The Hall–Kier alpha value is -4.04. The van der Waals surface area contributed by atoms with E-state index in [9.17, 15) is 9.59 Å². The molecule has 3 aromatic carbocycles. The molecule has 8 heteroatoms. The molecule has 5 aromatic rings. The second kappa shape index (κ2) is 9.91. The van der Waals surface area contributed by atoms with Crippen molar-refractivity contribution in [2.24, 2.45) is 0 Å². The first kappa shape index (κ1) is 23.7. The fourth-order valence-corrected chi connectivity index (χ4v) is 4.94. The molecular weight excluding hydrogens is 472 g/mol. The summed E-state index contributed by atoms with van der Waals surface area (Å²) in [6, 6.07) is 20.9. The van der Waals surface area contributed by atoms with E-state index in [2.05, 4.69) is 10.3 Å². The quantitative estimate of drug-likeness (QED) is 0.225. The SMILES string of the molecule is CCOc1ccc(NC(=O)CSc2nc3c([nH]c4ccccc43)c(=O)n2-c2cc(C)ccc2C)cc1. The molecule has 0 aliphatic carbocycles. The van der Waals surface area contributed by atoms with Crippen LogP contribution in [0.3, 0.4) is 0 Å². The van der Waals surface area contributed by atoms with Crippen molar-refractivity contribution in [2.45, 2.75) is 25.9 Å². The van der Waals surface area contributed by atoms with Crippen LogP contribution in [0.25, 0.3) is 27.6 Å². The summed E-state index contributed by atoms with van der Waals surface area (Å²) in [6.45, 7) is 6.45. The third-order valence-corrected chi connectivity index (χ3v) is 6.82. The van der Waals surface area contributed by atoms with Crippen LogP contribution in [-0.4, -0.2) is 32.8 Å². The predicted octanol–water partition coefficient (Wildman–Crippen LogP) is 5.61. The van der Waals surface area contributed by atoms with E-state index >= 15 is 0 Å². The Bertz CT molecular complexity index is 1640. The molecule has 2 N–H and O–H groups in total. The molecule has 5 rings (SSSR count). The Morgan fingerprint density at radius 2 is 1.86 bits per heavy atom. The van der Waals surface area contributed by atoms with Gasteiger partial charge >= 0.3 is 0 Å². The maximum atomic E-state index is 13.8. The number of nitrogens with zero attached hydrogens (tertiary/aromatic N) is 2. The average Bonchev–Trinajstić information content (AvgIpc) is 3.25. The third-order valence-electron chi connectivity index (χ3n) is 5.88.